The highest BCUT2D eigenvalue weighted by molar-refractivity contribution is 6.03. The van der Waals surface area contributed by atoms with E-state index in [1.165, 1.54) is 24.4 Å². The number of hydrogen-bond acceptors (Lipinski definition) is 7. The average Bonchev–Trinajstić information content (AvgIpc) is 2.84. The third kappa shape index (κ3) is 4.57. The van der Waals surface area contributed by atoms with Gasteiger partial charge in [-0.3, -0.25) is 19.8 Å². The van der Waals surface area contributed by atoms with Crippen LogP contribution >= 0.6 is 0 Å². The summed E-state index contributed by atoms with van der Waals surface area (Å²) in [7, 11) is 0. The van der Waals surface area contributed by atoms with E-state index in [2.05, 4.69) is 25.5 Å². The molecular weight excluding hydrogens is 396 g/mol. The standard InChI is InChI=1S/C22H16N6O3/c29-21(28-31)17-11-19(15-7-5-14(6-8-15)16-3-1-9-23-13-16)25-20(12-17)26-22(30)18-4-2-10-24-27-18/h1-13,31H,(H,28,29)(H,25,26,30). The predicted octanol–water partition coefficient (Wildman–Crippen LogP) is 2.97. The van der Waals surface area contributed by atoms with Gasteiger partial charge in [0, 0.05) is 29.7 Å². The Morgan fingerprint density at radius 3 is 2.29 bits per heavy atom. The number of anilines is 1. The Hall–Kier alpha value is -4.50. The Balaban J connectivity index is 1.67. The maximum absolute atomic E-state index is 12.4. The first-order valence-electron chi connectivity index (χ1n) is 9.20. The number of hydrogen-bond donors (Lipinski definition) is 3. The van der Waals surface area contributed by atoms with Gasteiger partial charge in [-0.05, 0) is 41.5 Å². The summed E-state index contributed by atoms with van der Waals surface area (Å²) in [5.74, 6) is -1.13. The van der Waals surface area contributed by atoms with Crippen LogP contribution in [0.3, 0.4) is 0 Å². The molecule has 9 heteroatoms. The Labute approximate surface area is 176 Å². The first-order valence-corrected chi connectivity index (χ1v) is 9.20. The van der Waals surface area contributed by atoms with Crippen LogP contribution in [0, 0.1) is 0 Å². The van der Waals surface area contributed by atoms with Crippen LogP contribution in [-0.2, 0) is 0 Å². The van der Waals surface area contributed by atoms with Crippen molar-refractivity contribution >= 4 is 17.6 Å². The van der Waals surface area contributed by atoms with E-state index in [1.807, 2.05) is 36.4 Å². The SMILES string of the molecule is O=C(NO)c1cc(NC(=O)c2cccnn2)nc(-c2ccc(-c3cccnc3)cc2)c1. The molecule has 3 N–H and O–H groups in total. The highest BCUT2D eigenvalue weighted by atomic mass is 16.5. The van der Waals surface area contributed by atoms with Gasteiger partial charge in [-0.25, -0.2) is 10.5 Å². The molecule has 1 aromatic carbocycles. The summed E-state index contributed by atoms with van der Waals surface area (Å²) >= 11 is 0. The molecule has 0 unspecified atom stereocenters. The van der Waals surface area contributed by atoms with Crippen LogP contribution in [0.4, 0.5) is 5.82 Å². The summed E-state index contributed by atoms with van der Waals surface area (Å²) < 4.78 is 0. The molecule has 0 aliphatic rings. The van der Waals surface area contributed by atoms with Crippen LogP contribution < -0.4 is 10.8 Å². The maximum atomic E-state index is 12.4. The quantitative estimate of drug-likeness (QED) is 0.339. The van der Waals surface area contributed by atoms with Gasteiger partial charge in [-0.15, -0.1) is 5.10 Å². The minimum Gasteiger partial charge on any atom is -0.305 e. The van der Waals surface area contributed by atoms with Crippen molar-refractivity contribution in [2.75, 3.05) is 5.32 Å². The molecule has 4 rings (SSSR count). The van der Waals surface area contributed by atoms with E-state index < -0.39 is 11.8 Å². The molecule has 3 aromatic heterocycles. The Bertz CT molecular complexity index is 1220. The van der Waals surface area contributed by atoms with Gasteiger partial charge in [0.05, 0.1) is 5.69 Å². The van der Waals surface area contributed by atoms with E-state index in [4.69, 9.17) is 5.21 Å². The smallest absolute Gasteiger partial charge is 0.277 e. The monoisotopic (exact) mass is 412 g/mol. The van der Waals surface area contributed by atoms with Crippen LogP contribution in [0.5, 0.6) is 0 Å². The van der Waals surface area contributed by atoms with Crippen LogP contribution in [0.15, 0.2) is 79.3 Å². The second-order valence-corrected chi connectivity index (χ2v) is 6.45. The minimum absolute atomic E-state index is 0.101. The molecule has 0 aliphatic carbocycles. The summed E-state index contributed by atoms with van der Waals surface area (Å²) in [5, 5.41) is 19.1. The number of benzene rings is 1. The molecule has 0 saturated heterocycles. The fourth-order valence-corrected chi connectivity index (χ4v) is 2.91. The average molecular weight is 412 g/mol. The molecule has 2 amide bonds. The third-order valence-electron chi connectivity index (χ3n) is 4.41. The number of carbonyl (C=O) groups is 2. The van der Waals surface area contributed by atoms with E-state index >= 15 is 0 Å². The zero-order valence-corrected chi connectivity index (χ0v) is 16.1. The highest BCUT2D eigenvalue weighted by Gasteiger charge is 2.14. The number of nitrogens with zero attached hydrogens (tertiary/aromatic N) is 4. The van der Waals surface area contributed by atoms with Crippen molar-refractivity contribution in [1.82, 2.24) is 25.6 Å². The first kappa shape index (κ1) is 19.8. The van der Waals surface area contributed by atoms with Crippen molar-refractivity contribution in [3.05, 3.63) is 90.5 Å². The van der Waals surface area contributed by atoms with Gasteiger partial charge >= 0.3 is 0 Å². The second kappa shape index (κ2) is 8.89. The first-order chi connectivity index (χ1) is 15.1. The molecule has 0 spiro atoms. The summed E-state index contributed by atoms with van der Waals surface area (Å²) in [4.78, 5) is 33.0. The zero-order chi connectivity index (χ0) is 21.6. The second-order valence-electron chi connectivity index (χ2n) is 6.45. The molecule has 9 nitrogen and oxygen atoms in total. The minimum atomic E-state index is -0.731. The van der Waals surface area contributed by atoms with E-state index in [1.54, 1.807) is 23.9 Å². The van der Waals surface area contributed by atoms with Crippen LogP contribution in [-0.4, -0.2) is 37.2 Å². The number of rotatable bonds is 5. The lowest BCUT2D eigenvalue weighted by molar-refractivity contribution is 0.0706. The maximum Gasteiger partial charge on any atom is 0.277 e. The van der Waals surface area contributed by atoms with Crippen LogP contribution in [0.2, 0.25) is 0 Å². The molecule has 0 fully saturated rings. The fraction of sp³-hybridized carbons (Fsp3) is 0. The fourth-order valence-electron chi connectivity index (χ4n) is 2.91. The number of carbonyl (C=O) groups excluding carboxylic acids is 2. The number of aromatic nitrogens is 4. The van der Waals surface area contributed by atoms with Crippen molar-refractivity contribution < 1.29 is 14.8 Å². The van der Waals surface area contributed by atoms with Gasteiger partial charge < -0.3 is 5.32 Å². The van der Waals surface area contributed by atoms with Crippen molar-refractivity contribution in [3.8, 4) is 22.4 Å². The summed E-state index contributed by atoms with van der Waals surface area (Å²) in [5.41, 5.74) is 4.91. The number of nitrogens with one attached hydrogen (secondary N) is 2. The molecule has 152 valence electrons. The Morgan fingerprint density at radius 1 is 0.839 bits per heavy atom. The molecule has 0 aliphatic heterocycles. The summed E-state index contributed by atoms with van der Waals surface area (Å²) in [6.45, 7) is 0. The van der Waals surface area contributed by atoms with E-state index in [9.17, 15) is 9.59 Å². The summed E-state index contributed by atoms with van der Waals surface area (Å²) in [6.07, 6.45) is 4.92. The molecule has 0 saturated carbocycles. The third-order valence-corrected chi connectivity index (χ3v) is 4.41. The number of hydroxylamine groups is 1. The van der Waals surface area contributed by atoms with Gasteiger partial charge in [0.2, 0.25) is 0 Å². The van der Waals surface area contributed by atoms with Gasteiger partial charge in [0.15, 0.2) is 5.69 Å². The molecule has 0 radical (unpaired) electrons. The van der Waals surface area contributed by atoms with E-state index in [-0.39, 0.29) is 17.1 Å². The van der Waals surface area contributed by atoms with Gasteiger partial charge in [-0.1, -0.05) is 30.3 Å². The van der Waals surface area contributed by atoms with Crippen molar-refractivity contribution in [1.29, 1.82) is 0 Å². The van der Waals surface area contributed by atoms with E-state index in [0.717, 1.165) is 16.7 Å². The Kier molecular flexibility index (Phi) is 5.68. The molecule has 4 aromatic rings. The molecule has 31 heavy (non-hydrogen) atoms. The van der Waals surface area contributed by atoms with Gasteiger partial charge in [-0.2, -0.15) is 5.10 Å². The van der Waals surface area contributed by atoms with Crippen LogP contribution in [0.25, 0.3) is 22.4 Å². The zero-order valence-electron chi connectivity index (χ0n) is 16.1. The number of amides is 2. The highest BCUT2D eigenvalue weighted by Crippen LogP contribution is 2.25. The Morgan fingerprint density at radius 2 is 1.61 bits per heavy atom. The molecule has 3 heterocycles. The van der Waals surface area contributed by atoms with Gasteiger partial charge in [0.1, 0.15) is 5.82 Å². The van der Waals surface area contributed by atoms with Crippen LogP contribution in [0.1, 0.15) is 20.8 Å². The number of pyridine rings is 2. The lowest BCUT2D eigenvalue weighted by atomic mass is 10.0. The van der Waals surface area contributed by atoms with Crippen molar-refractivity contribution in [3.63, 3.8) is 0 Å². The molecular formula is C22H16N6O3. The van der Waals surface area contributed by atoms with E-state index in [0.29, 0.717) is 5.69 Å². The molecule has 0 bridgehead atoms. The lowest BCUT2D eigenvalue weighted by Crippen LogP contribution is -2.20. The largest absolute Gasteiger partial charge is 0.305 e. The topological polar surface area (TPSA) is 130 Å². The van der Waals surface area contributed by atoms with Gasteiger partial charge in [0.25, 0.3) is 11.8 Å². The predicted molar refractivity (Wildman–Crippen MR) is 112 cm³/mol. The summed E-state index contributed by atoms with van der Waals surface area (Å²) in [6, 6.07) is 17.3. The normalized spacial score (nSPS) is 10.4. The van der Waals surface area contributed by atoms with Crippen molar-refractivity contribution in [2.45, 2.75) is 0 Å². The molecule has 0 atom stereocenters. The van der Waals surface area contributed by atoms with Crippen molar-refractivity contribution in [2.24, 2.45) is 0 Å². The lowest BCUT2D eigenvalue weighted by Gasteiger charge is -2.10.